The van der Waals surface area contributed by atoms with Crippen molar-refractivity contribution in [2.45, 2.75) is 45.6 Å². The van der Waals surface area contributed by atoms with E-state index in [1.54, 1.807) is 7.11 Å². The summed E-state index contributed by atoms with van der Waals surface area (Å²) in [7, 11) is 1.68. The SMILES string of the molecule is CC[C@H](C)C1([C@@H](CC(N)=O)OC)CC1. The van der Waals surface area contributed by atoms with Crippen LogP contribution in [0.25, 0.3) is 0 Å². The summed E-state index contributed by atoms with van der Waals surface area (Å²) >= 11 is 0. The number of nitrogens with two attached hydrogens (primary N) is 1. The fourth-order valence-corrected chi connectivity index (χ4v) is 2.39. The minimum absolute atomic E-state index is 0.0231. The van der Waals surface area contributed by atoms with E-state index < -0.39 is 0 Å². The van der Waals surface area contributed by atoms with E-state index in [4.69, 9.17) is 10.5 Å². The topological polar surface area (TPSA) is 52.3 Å². The molecule has 3 nitrogen and oxygen atoms in total. The van der Waals surface area contributed by atoms with Gasteiger partial charge < -0.3 is 10.5 Å². The highest BCUT2D eigenvalue weighted by atomic mass is 16.5. The molecule has 1 aliphatic rings. The van der Waals surface area contributed by atoms with Crippen molar-refractivity contribution < 1.29 is 9.53 Å². The quantitative estimate of drug-likeness (QED) is 0.708. The fourth-order valence-electron chi connectivity index (χ4n) is 2.39. The van der Waals surface area contributed by atoms with Gasteiger partial charge in [0.1, 0.15) is 0 Å². The number of amides is 1. The smallest absolute Gasteiger partial charge is 0.220 e. The van der Waals surface area contributed by atoms with Gasteiger partial charge in [-0.25, -0.2) is 0 Å². The molecule has 0 heterocycles. The van der Waals surface area contributed by atoms with E-state index in [0.717, 1.165) is 6.42 Å². The summed E-state index contributed by atoms with van der Waals surface area (Å²) < 4.78 is 5.41. The van der Waals surface area contributed by atoms with Crippen molar-refractivity contribution in [3.05, 3.63) is 0 Å². The summed E-state index contributed by atoms with van der Waals surface area (Å²) in [6.45, 7) is 4.42. The molecule has 2 N–H and O–H groups in total. The molecule has 3 heteroatoms. The monoisotopic (exact) mass is 199 g/mol. The normalized spacial score (nSPS) is 22.8. The number of hydrogen-bond donors (Lipinski definition) is 1. The number of primary amides is 1. The number of carbonyl (C=O) groups excluding carboxylic acids is 1. The molecule has 1 saturated carbocycles. The van der Waals surface area contributed by atoms with Crippen molar-refractivity contribution >= 4 is 5.91 Å². The van der Waals surface area contributed by atoms with Gasteiger partial charge in [-0.1, -0.05) is 20.3 Å². The maximum atomic E-state index is 10.9. The van der Waals surface area contributed by atoms with Gasteiger partial charge in [0.25, 0.3) is 0 Å². The van der Waals surface area contributed by atoms with Crippen LogP contribution in [0.2, 0.25) is 0 Å². The Morgan fingerprint density at radius 2 is 2.14 bits per heavy atom. The summed E-state index contributed by atoms with van der Waals surface area (Å²) in [5.41, 5.74) is 5.45. The standard InChI is InChI=1S/C11H21NO2/c1-4-8(2)11(5-6-11)9(14-3)7-10(12)13/h8-9H,4-7H2,1-3H3,(H2,12,13)/t8-,9+/m0/s1. The van der Waals surface area contributed by atoms with E-state index in [0.29, 0.717) is 12.3 Å². The van der Waals surface area contributed by atoms with Crippen molar-refractivity contribution in [3.8, 4) is 0 Å². The zero-order valence-electron chi connectivity index (χ0n) is 9.38. The third-order valence-corrected chi connectivity index (χ3v) is 3.73. The molecule has 0 spiro atoms. The van der Waals surface area contributed by atoms with Crippen LogP contribution < -0.4 is 5.73 Å². The van der Waals surface area contributed by atoms with Gasteiger partial charge in [-0.05, 0) is 24.2 Å². The lowest BCUT2D eigenvalue weighted by Gasteiger charge is -2.29. The molecule has 0 radical (unpaired) electrons. The van der Waals surface area contributed by atoms with Crippen LogP contribution in [0.1, 0.15) is 39.5 Å². The lowest BCUT2D eigenvalue weighted by Crippen LogP contribution is -2.34. The van der Waals surface area contributed by atoms with Crippen LogP contribution in [0.5, 0.6) is 0 Å². The van der Waals surface area contributed by atoms with Crippen LogP contribution in [-0.4, -0.2) is 19.1 Å². The Balaban J connectivity index is 2.63. The summed E-state index contributed by atoms with van der Waals surface area (Å²) in [6.07, 6.45) is 3.87. The molecule has 0 aliphatic heterocycles. The molecule has 0 unspecified atom stereocenters. The van der Waals surface area contributed by atoms with Crippen molar-refractivity contribution in [3.63, 3.8) is 0 Å². The Bertz CT molecular complexity index is 211. The van der Waals surface area contributed by atoms with Crippen LogP contribution in [-0.2, 0) is 9.53 Å². The average Bonchev–Trinajstić information content (AvgIpc) is 2.93. The van der Waals surface area contributed by atoms with Gasteiger partial charge in [-0.3, -0.25) is 4.79 Å². The van der Waals surface area contributed by atoms with Crippen molar-refractivity contribution in [2.75, 3.05) is 7.11 Å². The first-order valence-electron chi connectivity index (χ1n) is 5.38. The zero-order chi connectivity index (χ0) is 10.8. The first-order chi connectivity index (χ1) is 6.56. The maximum Gasteiger partial charge on any atom is 0.220 e. The Morgan fingerprint density at radius 1 is 1.57 bits per heavy atom. The van der Waals surface area contributed by atoms with E-state index >= 15 is 0 Å². The number of rotatable bonds is 6. The largest absolute Gasteiger partial charge is 0.380 e. The Morgan fingerprint density at radius 3 is 2.43 bits per heavy atom. The lowest BCUT2D eigenvalue weighted by atomic mass is 9.82. The van der Waals surface area contributed by atoms with Crippen LogP contribution in [0, 0.1) is 11.3 Å². The Labute approximate surface area is 86.0 Å². The molecular formula is C11H21NO2. The first-order valence-corrected chi connectivity index (χ1v) is 5.38. The minimum atomic E-state index is -0.258. The highest BCUT2D eigenvalue weighted by Crippen LogP contribution is 2.57. The molecule has 82 valence electrons. The predicted octanol–water partition coefficient (Wildman–Crippen LogP) is 1.70. The molecule has 1 rings (SSSR count). The first kappa shape index (κ1) is 11.5. The molecule has 1 fully saturated rings. The third kappa shape index (κ3) is 2.08. The van der Waals surface area contributed by atoms with Crippen LogP contribution in [0.4, 0.5) is 0 Å². The minimum Gasteiger partial charge on any atom is -0.380 e. The summed E-state index contributed by atoms with van der Waals surface area (Å²) in [4.78, 5) is 10.9. The number of carbonyl (C=O) groups is 1. The highest BCUT2D eigenvalue weighted by molar-refractivity contribution is 5.74. The van der Waals surface area contributed by atoms with E-state index in [1.807, 2.05) is 0 Å². The molecule has 0 aromatic carbocycles. The number of methoxy groups -OCH3 is 1. The summed E-state index contributed by atoms with van der Waals surface area (Å²) in [5.74, 6) is 0.359. The Hall–Kier alpha value is -0.570. The van der Waals surface area contributed by atoms with Crippen molar-refractivity contribution in [1.29, 1.82) is 0 Å². The van der Waals surface area contributed by atoms with Crippen molar-refractivity contribution in [1.82, 2.24) is 0 Å². The second kappa shape index (κ2) is 4.30. The van der Waals surface area contributed by atoms with Crippen LogP contribution in [0.15, 0.2) is 0 Å². The second-order valence-electron chi connectivity index (χ2n) is 4.44. The molecule has 1 aliphatic carbocycles. The van der Waals surface area contributed by atoms with Crippen molar-refractivity contribution in [2.24, 2.45) is 17.1 Å². The molecule has 0 aromatic heterocycles. The van der Waals surface area contributed by atoms with Gasteiger partial charge in [0.2, 0.25) is 5.91 Å². The second-order valence-corrected chi connectivity index (χ2v) is 4.44. The van der Waals surface area contributed by atoms with Crippen LogP contribution >= 0.6 is 0 Å². The van der Waals surface area contributed by atoms with Gasteiger partial charge in [0, 0.05) is 7.11 Å². The zero-order valence-corrected chi connectivity index (χ0v) is 9.38. The molecule has 0 bridgehead atoms. The maximum absolute atomic E-state index is 10.9. The fraction of sp³-hybridized carbons (Fsp3) is 0.909. The van der Waals surface area contributed by atoms with Gasteiger partial charge in [-0.15, -0.1) is 0 Å². The average molecular weight is 199 g/mol. The lowest BCUT2D eigenvalue weighted by molar-refractivity contribution is -0.122. The molecular weight excluding hydrogens is 178 g/mol. The van der Waals surface area contributed by atoms with Gasteiger partial charge >= 0.3 is 0 Å². The van der Waals surface area contributed by atoms with E-state index in [2.05, 4.69) is 13.8 Å². The van der Waals surface area contributed by atoms with E-state index in [-0.39, 0.29) is 17.4 Å². The summed E-state index contributed by atoms with van der Waals surface area (Å²) in [6, 6.07) is 0. The Kier molecular flexibility index (Phi) is 3.53. The van der Waals surface area contributed by atoms with E-state index in [9.17, 15) is 4.79 Å². The molecule has 2 atom stereocenters. The van der Waals surface area contributed by atoms with Crippen LogP contribution in [0.3, 0.4) is 0 Å². The predicted molar refractivity (Wildman–Crippen MR) is 55.7 cm³/mol. The third-order valence-electron chi connectivity index (χ3n) is 3.73. The summed E-state index contributed by atoms with van der Waals surface area (Å²) in [5, 5.41) is 0. The number of ether oxygens (including phenoxy) is 1. The van der Waals surface area contributed by atoms with Gasteiger partial charge in [0.05, 0.1) is 12.5 Å². The van der Waals surface area contributed by atoms with E-state index in [1.165, 1.54) is 12.8 Å². The van der Waals surface area contributed by atoms with Gasteiger partial charge in [0.15, 0.2) is 0 Å². The molecule has 1 amide bonds. The highest BCUT2D eigenvalue weighted by Gasteiger charge is 2.53. The number of hydrogen-bond acceptors (Lipinski definition) is 2. The molecule has 0 aromatic rings. The molecule has 14 heavy (non-hydrogen) atoms. The van der Waals surface area contributed by atoms with Gasteiger partial charge in [-0.2, -0.15) is 0 Å². The molecule has 0 saturated heterocycles.